The molecule has 1 saturated carbocycles. The summed E-state index contributed by atoms with van der Waals surface area (Å²) in [7, 11) is 0. The highest BCUT2D eigenvalue weighted by atomic mass is 16.5. The topological polar surface area (TPSA) is 50.8 Å². The second-order valence-corrected chi connectivity index (χ2v) is 7.93. The summed E-state index contributed by atoms with van der Waals surface area (Å²) in [5.74, 6) is 1.50. The molecule has 1 aromatic rings. The van der Waals surface area contributed by atoms with Crippen LogP contribution in [0, 0.1) is 0 Å². The fraction of sp³-hybridized carbons (Fsp3) is 0.667. The van der Waals surface area contributed by atoms with Crippen molar-refractivity contribution in [2.24, 2.45) is 0 Å². The fourth-order valence-corrected chi connectivity index (χ4v) is 4.80. The zero-order valence-corrected chi connectivity index (χ0v) is 15.8. The lowest BCUT2D eigenvalue weighted by atomic mass is 9.90. The first kappa shape index (κ1) is 17.8. The summed E-state index contributed by atoms with van der Waals surface area (Å²) in [5, 5.41) is 3.43. The normalized spacial score (nSPS) is 31.7. The van der Waals surface area contributed by atoms with E-state index in [2.05, 4.69) is 36.2 Å². The number of nitrogens with one attached hydrogen (secondary N) is 1. The molecule has 142 valence electrons. The Morgan fingerprint density at radius 3 is 2.96 bits per heavy atom. The van der Waals surface area contributed by atoms with Crippen molar-refractivity contribution >= 4 is 5.91 Å². The van der Waals surface area contributed by atoms with Gasteiger partial charge in [-0.15, -0.1) is 0 Å². The molecule has 26 heavy (non-hydrogen) atoms. The van der Waals surface area contributed by atoms with Crippen LogP contribution in [0.25, 0.3) is 0 Å². The van der Waals surface area contributed by atoms with Crippen molar-refractivity contribution in [1.82, 2.24) is 10.2 Å². The monoisotopic (exact) mass is 358 g/mol. The number of rotatable bonds is 4. The van der Waals surface area contributed by atoms with E-state index >= 15 is 0 Å². The van der Waals surface area contributed by atoms with Crippen molar-refractivity contribution in [2.75, 3.05) is 19.7 Å². The number of hydrogen-bond acceptors (Lipinski definition) is 4. The van der Waals surface area contributed by atoms with Gasteiger partial charge in [0.1, 0.15) is 11.9 Å². The van der Waals surface area contributed by atoms with Crippen molar-refractivity contribution in [2.45, 2.75) is 69.7 Å². The number of fused-ring (bicyclic) bond motifs is 2. The number of ether oxygens (including phenoxy) is 2. The van der Waals surface area contributed by atoms with E-state index in [4.69, 9.17) is 9.47 Å². The molecule has 0 spiro atoms. The average Bonchev–Trinajstić information content (AvgIpc) is 3.02. The van der Waals surface area contributed by atoms with E-state index in [0.717, 1.165) is 25.1 Å². The summed E-state index contributed by atoms with van der Waals surface area (Å²) in [6.07, 6.45) is 4.88. The van der Waals surface area contributed by atoms with Crippen LogP contribution in [0.4, 0.5) is 0 Å². The quantitative estimate of drug-likeness (QED) is 0.899. The zero-order chi connectivity index (χ0) is 18.1. The van der Waals surface area contributed by atoms with E-state index < -0.39 is 0 Å². The zero-order valence-electron chi connectivity index (χ0n) is 15.8. The van der Waals surface area contributed by atoms with Crippen LogP contribution in [-0.4, -0.2) is 54.8 Å². The molecule has 0 bridgehead atoms. The van der Waals surface area contributed by atoms with E-state index in [1.165, 1.54) is 18.4 Å². The van der Waals surface area contributed by atoms with Crippen molar-refractivity contribution in [3.05, 3.63) is 29.8 Å². The van der Waals surface area contributed by atoms with E-state index in [0.29, 0.717) is 19.1 Å². The van der Waals surface area contributed by atoms with Gasteiger partial charge in [-0.25, -0.2) is 0 Å². The number of para-hydroxylation sites is 1. The number of nitrogens with zero attached hydrogens (tertiary/aromatic N) is 1. The summed E-state index contributed by atoms with van der Waals surface area (Å²) in [5.41, 5.74) is 1.26. The standard InChI is InChI=1S/C21H30N2O3/c1-14-16-7-3-5-9-18(16)26-21(14)15(2)22-13-20(24)23-11-12-25-19-10-6-4-8-17(19)23/h3,5,7,9,14-15,17,19,21-22H,4,6,8,10-13H2,1-2H3. The molecule has 2 fully saturated rings. The van der Waals surface area contributed by atoms with Gasteiger partial charge in [0.25, 0.3) is 0 Å². The summed E-state index contributed by atoms with van der Waals surface area (Å²) >= 11 is 0. The van der Waals surface area contributed by atoms with Gasteiger partial charge in [-0.1, -0.05) is 38.0 Å². The summed E-state index contributed by atoms with van der Waals surface area (Å²) < 4.78 is 12.0. The maximum Gasteiger partial charge on any atom is 0.236 e. The van der Waals surface area contributed by atoms with Crippen LogP contribution in [0.15, 0.2) is 24.3 Å². The number of benzene rings is 1. The first-order valence-corrected chi connectivity index (χ1v) is 10.0. The third-order valence-electron chi connectivity index (χ3n) is 6.29. The molecule has 5 atom stereocenters. The molecule has 3 aliphatic rings. The summed E-state index contributed by atoms with van der Waals surface area (Å²) in [6, 6.07) is 8.61. The Morgan fingerprint density at radius 2 is 2.12 bits per heavy atom. The van der Waals surface area contributed by atoms with Gasteiger partial charge in [0.05, 0.1) is 25.3 Å². The number of carbonyl (C=O) groups is 1. The van der Waals surface area contributed by atoms with Crippen LogP contribution in [0.3, 0.4) is 0 Å². The minimum Gasteiger partial charge on any atom is -0.488 e. The Balaban J connectivity index is 1.33. The van der Waals surface area contributed by atoms with Gasteiger partial charge < -0.3 is 19.7 Å². The molecule has 5 heteroatoms. The van der Waals surface area contributed by atoms with Gasteiger partial charge in [0, 0.05) is 24.1 Å². The number of morpholine rings is 1. The van der Waals surface area contributed by atoms with Crippen LogP contribution in [-0.2, 0) is 9.53 Å². The lowest BCUT2D eigenvalue weighted by molar-refractivity contribution is -0.148. The summed E-state index contributed by atoms with van der Waals surface area (Å²) in [6.45, 7) is 6.07. The van der Waals surface area contributed by atoms with Crippen molar-refractivity contribution in [3.63, 3.8) is 0 Å². The van der Waals surface area contributed by atoms with E-state index in [1.54, 1.807) is 0 Å². The van der Waals surface area contributed by atoms with E-state index in [-0.39, 0.29) is 30.2 Å². The third kappa shape index (κ3) is 3.35. The smallest absolute Gasteiger partial charge is 0.236 e. The Morgan fingerprint density at radius 1 is 1.31 bits per heavy atom. The largest absolute Gasteiger partial charge is 0.488 e. The van der Waals surface area contributed by atoms with Gasteiger partial charge >= 0.3 is 0 Å². The van der Waals surface area contributed by atoms with Crippen LogP contribution >= 0.6 is 0 Å². The molecule has 1 aromatic carbocycles. The lowest BCUT2D eigenvalue weighted by Gasteiger charge is -2.44. The average molecular weight is 358 g/mol. The first-order valence-electron chi connectivity index (χ1n) is 10.0. The van der Waals surface area contributed by atoms with Gasteiger partial charge in [0.2, 0.25) is 5.91 Å². The van der Waals surface area contributed by atoms with Gasteiger partial charge in [-0.05, 0) is 25.8 Å². The highest BCUT2D eigenvalue weighted by molar-refractivity contribution is 5.78. The Labute approximate surface area is 156 Å². The van der Waals surface area contributed by atoms with Gasteiger partial charge in [-0.2, -0.15) is 0 Å². The predicted octanol–water partition coefficient (Wildman–Crippen LogP) is 2.70. The summed E-state index contributed by atoms with van der Waals surface area (Å²) in [4.78, 5) is 14.9. The van der Waals surface area contributed by atoms with E-state index in [9.17, 15) is 4.79 Å². The van der Waals surface area contributed by atoms with Crippen molar-refractivity contribution in [1.29, 1.82) is 0 Å². The SMILES string of the molecule is CC(NCC(=O)N1CCOC2CCCCC21)C1Oc2ccccc2C1C. The van der Waals surface area contributed by atoms with Gasteiger partial charge in [0.15, 0.2) is 0 Å². The molecule has 4 rings (SSSR count). The molecule has 1 N–H and O–H groups in total. The molecular formula is C21H30N2O3. The number of carbonyl (C=O) groups excluding carboxylic acids is 1. The lowest BCUT2D eigenvalue weighted by Crippen LogP contribution is -2.57. The van der Waals surface area contributed by atoms with Crippen LogP contribution in [0.1, 0.15) is 51.0 Å². The Kier molecular flexibility index (Phi) is 5.18. The Hall–Kier alpha value is -1.59. The third-order valence-corrected chi connectivity index (χ3v) is 6.29. The molecule has 1 aliphatic carbocycles. The van der Waals surface area contributed by atoms with Gasteiger partial charge in [-0.3, -0.25) is 4.79 Å². The minimum absolute atomic E-state index is 0.0623. The number of amides is 1. The first-order chi connectivity index (χ1) is 12.6. The van der Waals surface area contributed by atoms with Crippen LogP contribution in [0.2, 0.25) is 0 Å². The molecule has 0 radical (unpaired) electrons. The van der Waals surface area contributed by atoms with Crippen LogP contribution < -0.4 is 10.1 Å². The van der Waals surface area contributed by atoms with Crippen molar-refractivity contribution < 1.29 is 14.3 Å². The highest BCUT2D eigenvalue weighted by Gasteiger charge is 2.38. The maximum absolute atomic E-state index is 12.8. The predicted molar refractivity (Wildman–Crippen MR) is 100 cm³/mol. The second-order valence-electron chi connectivity index (χ2n) is 7.93. The van der Waals surface area contributed by atoms with Crippen LogP contribution in [0.5, 0.6) is 5.75 Å². The molecule has 1 saturated heterocycles. The molecule has 1 amide bonds. The van der Waals surface area contributed by atoms with Crippen molar-refractivity contribution in [3.8, 4) is 5.75 Å². The number of hydrogen-bond donors (Lipinski definition) is 1. The Bertz CT molecular complexity index is 648. The van der Waals surface area contributed by atoms with E-state index in [1.807, 2.05) is 12.1 Å². The molecule has 5 nitrogen and oxygen atoms in total. The fourth-order valence-electron chi connectivity index (χ4n) is 4.80. The second kappa shape index (κ2) is 7.57. The molecule has 5 unspecified atom stereocenters. The molecule has 2 aliphatic heterocycles. The molecule has 0 aromatic heterocycles. The minimum atomic E-state index is 0.0623. The maximum atomic E-state index is 12.8. The highest BCUT2D eigenvalue weighted by Crippen LogP contribution is 2.38. The molecule has 2 heterocycles. The molecular weight excluding hydrogens is 328 g/mol.